The number of rotatable bonds is 8. The van der Waals surface area contributed by atoms with Crippen LogP contribution in [0.5, 0.6) is 0 Å². The average molecular weight is 303 g/mol. The molecule has 5 nitrogen and oxygen atoms in total. The summed E-state index contributed by atoms with van der Waals surface area (Å²) in [5.41, 5.74) is 4.48. The van der Waals surface area contributed by atoms with Crippen molar-refractivity contribution < 1.29 is 10.2 Å². The van der Waals surface area contributed by atoms with Gasteiger partial charge in [-0.1, -0.05) is 30.3 Å². The summed E-state index contributed by atoms with van der Waals surface area (Å²) in [6.45, 7) is 6.94. The summed E-state index contributed by atoms with van der Waals surface area (Å²) in [6.07, 6.45) is 0. The number of hydrogen-bond acceptors (Lipinski definition) is 4. The summed E-state index contributed by atoms with van der Waals surface area (Å²) >= 11 is 0. The Kier molecular flexibility index (Phi) is 6.12. The molecule has 1 aromatic heterocycles. The third-order valence-corrected chi connectivity index (χ3v) is 3.89. The molecule has 0 bridgehead atoms. The SMILES string of the molecule is Cc1nn(CCO)c(C)c1CN(CCO)Cc1ccccc1. The van der Waals surface area contributed by atoms with Crippen molar-refractivity contribution in [3.05, 3.63) is 52.8 Å². The number of hydrogen-bond donors (Lipinski definition) is 2. The maximum atomic E-state index is 9.33. The van der Waals surface area contributed by atoms with Crippen LogP contribution < -0.4 is 0 Å². The van der Waals surface area contributed by atoms with E-state index in [9.17, 15) is 5.11 Å². The van der Waals surface area contributed by atoms with E-state index < -0.39 is 0 Å². The predicted molar refractivity (Wildman–Crippen MR) is 86.4 cm³/mol. The van der Waals surface area contributed by atoms with Gasteiger partial charge in [0, 0.05) is 30.9 Å². The van der Waals surface area contributed by atoms with E-state index in [0.717, 1.165) is 24.5 Å². The highest BCUT2D eigenvalue weighted by Crippen LogP contribution is 2.17. The Labute approximate surface area is 131 Å². The fourth-order valence-corrected chi connectivity index (χ4v) is 2.70. The second kappa shape index (κ2) is 8.08. The van der Waals surface area contributed by atoms with Crippen LogP contribution in [0.3, 0.4) is 0 Å². The molecule has 2 N–H and O–H groups in total. The zero-order chi connectivity index (χ0) is 15.9. The van der Waals surface area contributed by atoms with Gasteiger partial charge < -0.3 is 10.2 Å². The van der Waals surface area contributed by atoms with E-state index in [1.54, 1.807) is 0 Å². The molecular weight excluding hydrogens is 278 g/mol. The second-order valence-electron chi connectivity index (χ2n) is 5.52. The molecular formula is C17H25N3O2. The zero-order valence-corrected chi connectivity index (χ0v) is 13.4. The van der Waals surface area contributed by atoms with Crippen molar-refractivity contribution in [3.63, 3.8) is 0 Å². The third-order valence-electron chi connectivity index (χ3n) is 3.89. The minimum atomic E-state index is 0.0891. The molecule has 5 heteroatoms. The molecule has 0 aliphatic carbocycles. The first-order valence-electron chi connectivity index (χ1n) is 7.66. The van der Waals surface area contributed by atoms with Crippen molar-refractivity contribution in [1.29, 1.82) is 0 Å². The van der Waals surface area contributed by atoms with Gasteiger partial charge in [-0.15, -0.1) is 0 Å². The molecule has 0 amide bonds. The molecule has 0 aliphatic heterocycles. The first-order chi connectivity index (χ1) is 10.7. The Morgan fingerprint density at radius 2 is 1.77 bits per heavy atom. The lowest BCUT2D eigenvalue weighted by molar-refractivity contribution is 0.184. The maximum Gasteiger partial charge on any atom is 0.0644 e. The van der Waals surface area contributed by atoms with Gasteiger partial charge >= 0.3 is 0 Å². The van der Waals surface area contributed by atoms with Crippen molar-refractivity contribution >= 4 is 0 Å². The molecule has 2 rings (SSSR count). The molecule has 0 unspecified atom stereocenters. The highest BCUT2D eigenvalue weighted by Gasteiger charge is 2.15. The van der Waals surface area contributed by atoms with Crippen molar-refractivity contribution in [1.82, 2.24) is 14.7 Å². The highest BCUT2D eigenvalue weighted by molar-refractivity contribution is 5.25. The number of nitrogens with zero attached hydrogens (tertiary/aromatic N) is 3. The van der Waals surface area contributed by atoms with Gasteiger partial charge in [0.25, 0.3) is 0 Å². The van der Waals surface area contributed by atoms with E-state index in [0.29, 0.717) is 13.1 Å². The molecule has 0 fully saturated rings. The summed E-state index contributed by atoms with van der Waals surface area (Å²) in [5, 5.41) is 22.9. The molecule has 0 atom stereocenters. The van der Waals surface area contributed by atoms with Crippen LogP contribution in [0.25, 0.3) is 0 Å². The van der Waals surface area contributed by atoms with E-state index in [1.807, 2.05) is 36.7 Å². The fraction of sp³-hybridized carbons (Fsp3) is 0.471. The zero-order valence-electron chi connectivity index (χ0n) is 13.4. The molecule has 0 spiro atoms. The van der Waals surface area contributed by atoms with Gasteiger partial charge in [-0.25, -0.2) is 0 Å². The van der Waals surface area contributed by atoms with Crippen LogP contribution in [0.15, 0.2) is 30.3 Å². The van der Waals surface area contributed by atoms with E-state index in [1.165, 1.54) is 11.1 Å². The summed E-state index contributed by atoms with van der Waals surface area (Å²) in [7, 11) is 0. The third kappa shape index (κ3) is 4.16. The van der Waals surface area contributed by atoms with Crippen LogP contribution in [0.2, 0.25) is 0 Å². The Hall–Kier alpha value is -1.69. The standard InChI is InChI=1S/C17H25N3O2/c1-14-17(15(2)20(18-14)9-11-22)13-19(8-10-21)12-16-6-4-3-5-7-16/h3-7,21-22H,8-13H2,1-2H3. The van der Waals surface area contributed by atoms with Crippen LogP contribution in [0.1, 0.15) is 22.5 Å². The molecule has 22 heavy (non-hydrogen) atoms. The van der Waals surface area contributed by atoms with E-state index in [2.05, 4.69) is 22.1 Å². The molecule has 2 aromatic rings. The summed E-state index contributed by atoms with van der Waals surface area (Å²) < 4.78 is 1.85. The lowest BCUT2D eigenvalue weighted by Gasteiger charge is -2.21. The van der Waals surface area contributed by atoms with Crippen LogP contribution >= 0.6 is 0 Å². The van der Waals surface area contributed by atoms with Crippen LogP contribution in [0, 0.1) is 13.8 Å². The Morgan fingerprint density at radius 1 is 1.05 bits per heavy atom. The number of aliphatic hydroxyl groups is 2. The van der Waals surface area contributed by atoms with E-state index in [-0.39, 0.29) is 13.2 Å². The molecule has 1 aromatic carbocycles. The first kappa shape index (κ1) is 16.7. The molecule has 0 radical (unpaired) electrons. The van der Waals surface area contributed by atoms with Gasteiger partial charge in [-0.2, -0.15) is 5.10 Å². The topological polar surface area (TPSA) is 61.5 Å². The molecule has 0 saturated heterocycles. The molecule has 0 saturated carbocycles. The Balaban J connectivity index is 2.14. The Bertz CT molecular complexity index is 581. The molecule has 1 heterocycles. The first-order valence-corrected chi connectivity index (χ1v) is 7.66. The van der Waals surface area contributed by atoms with E-state index >= 15 is 0 Å². The molecule has 120 valence electrons. The minimum absolute atomic E-state index is 0.0891. The van der Waals surface area contributed by atoms with Gasteiger partial charge in [0.15, 0.2) is 0 Å². The maximum absolute atomic E-state index is 9.33. The number of aryl methyl sites for hydroxylation is 1. The minimum Gasteiger partial charge on any atom is -0.395 e. The highest BCUT2D eigenvalue weighted by atomic mass is 16.3. The van der Waals surface area contributed by atoms with Gasteiger partial charge in [-0.3, -0.25) is 9.58 Å². The number of benzene rings is 1. The lowest BCUT2D eigenvalue weighted by atomic mass is 10.1. The fourth-order valence-electron chi connectivity index (χ4n) is 2.70. The van der Waals surface area contributed by atoms with Gasteiger partial charge in [-0.05, 0) is 19.4 Å². The van der Waals surface area contributed by atoms with Crippen LogP contribution in [-0.2, 0) is 19.6 Å². The average Bonchev–Trinajstić information content (AvgIpc) is 2.77. The van der Waals surface area contributed by atoms with Crippen LogP contribution in [-0.4, -0.2) is 44.7 Å². The Morgan fingerprint density at radius 3 is 2.41 bits per heavy atom. The predicted octanol–water partition coefficient (Wildman–Crippen LogP) is 1.49. The molecule has 0 aliphatic rings. The monoisotopic (exact) mass is 303 g/mol. The number of aromatic nitrogens is 2. The van der Waals surface area contributed by atoms with Crippen LogP contribution in [0.4, 0.5) is 0 Å². The summed E-state index contributed by atoms with van der Waals surface area (Å²) in [6, 6.07) is 10.3. The normalized spacial score (nSPS) is 11.3. The van der Waals surface area contributed by atoms with Gasteiger partial charge in [0.2, 0.25) is 0 Å². The number of aliphatic hydroxyl groups excluding tert-OH is 2. The quantitative estimate of drug-likeness (QED) is 0.775. The largest absolute Gasteiger partial charge is 0.395 e. The van der Waals surface area contributed by atoms with Crippen molar-refractivity contribution in [2.75, 3.05) is 19.8 Å². The van der Waals surface area contributed by atoms with Gasteiger partial charge in [0.1, 0.15) is 0 Å². The van der Waals surface area contributed by atoms with Crippen molar-refractivity contribution in [2.24, 2.45) is 0 Å². The summed E-state index contributed by atoms with van der Waals surface area (Å²) in [4.78, 5) is 2.22. The lowest BCUT2D eigenvalue weighted by Crippen LogP contribution is -2.26. The van der Waals surface area contributed by atoms with Crippen molar-refractivity contribution in [3.8, 4) is 0 Å². The smallest absolute Gasteiger partial charge is 0.0644 e. The van der Waals surface area contributed by atoms with Gasteiger partial charge in [0.05, 0.1) is 25.5 Å². The van der Waals surface area contributed by atoms with Crippen molar-refractivity contribution in [2.45, 2.75) is 33.5 Å². The summed E-state index contributed by atoms with van der Waals surface area (Å²) in [5.74, 6) is 0. The second-order valence-corrected chi connectivity index (χ2v) is 5.52. The van der Waals surface area contributed by atoms with E-state index in [4.69, 9.17) is 5.11 Å².